The van der Waals surface area contributed by atoms with E-state index in [1.54, 1.807) is 12.1 Å². The summed E-state index contributed by atoms with van der Waals surface area (Å²) in [7, 11) is 1.38. The van der Waals surface area contributed by atoms with Crippen molar-refractivity contribution in [3.05, 3.63) is 35.6 Å². The Kier molecular flexibility index (Phi) is 3.66. The van der Waals surface area contributed by atoms with Gasteiger partial charge in [0, 0.05) is 18.5 Å². The number of hydrogen-bond acceptors (Lipinski definition) is 3. The molecular formula is C14H18FNO2. The number of nitrogens with one attached hydrogen (secondary N) is 1. The molecule has 1 aromatic rings. The van der Waals surface area contributed by atoms with Crippen LogP contribution in [0.3, 0.4) is 0 Å². The van der Waals surface area contributed by atoms with Gasteiger partial charge in [-0.15, -0.1) is 0 Å². The molecular weight excluding hydrogens is 233 g/mol. The van der Waals surface area contributed by atoms with Crippen LogP contribution in [0.15, 0.2) is 24.3 Å². The topological polar surface area (TPSA) is 38.3 Å². The monoisotopic (exact) mass is 251 g/mol. The molecule has 98 valence electrons. The molecule has 0 amide bonds. The van der Waals surface area contributed by atoms with Gasteiger partial charge in [0.05, 0.1) is 13.0 Å². The number of ether oxygens (including phenoxy) is 1. The molecule has 1 saturated heterocycles. The Labute approximate surface area is 106 Å². The van der Waals surface area contributed by atoms with E-state index in [-0.39, 0.29) is 17.7 Å². The van der Waals surface area contributed by atoms with Gasteiger partial charge in [-0.3, -0.25) is 4.79 Å². The number of halogens is 1. The summed E-state index contributed by atoms with van der Waals surface area (Å²) in [5.41, 5.74) is 0.103. The van der Waals surface area contributed by atoms with E-state index in [4.69, 9.17) is 4.74 Å². The predicted octanol–water partition coefficient (Wildman–Crippen LogP) is 1.87. The number of esters is 1. The smallest absolute Gasteiger partial charge is 0.310 e. The molecule has 0 aromatic heterocycles. The molecule has 1 fully saturated rings. The van der Waals surface area contributed by atoms with E-state index in [2.05, 4.69) is 5.32 Å². The van der Waals surface area contributed by atoms with Crippen LogP contribution in [0.1, 0.15) is 18.9 Å². The number of benzene rings is 1. The molecule has 0 saturated carbocycles. The van der Waals surface area contributed by atoms with Gasteiger partial charge in [-0.1, -0.05) is 25.1 Å². The molecule has 1 N–H and O–H groups in total. The number of rotatable bonds is 3. The van der Waals surface area contributed by atoms with Gasteiger partial charge in [-0.05, 0) is 18.1 Å². The van der Waals surface area contributed by atoms with Crippen LogP contribution in [-0.4, -0.2) is 26.2 Å². The molecule has 1 aromatic carbocycles. The number of carbonyl (C=O) groups excluding carboxylic acids is 1. The highest BCUT2D eigenvalue weighted by molar-refractivity contribution is 5.75. The van der Waals surface area contributed by atoms with Crippen LogP contribution >= 0.6 is 0 Å². The van der Waals surface area contributed by atoms with Crippen molar-refractivity contribution in [1.29, 1.82) is 0 Å². The summed E-state index contributed by atoms with van der Waals surface area (Å²) in [5, 5.41) is 3.19. The quantitative estimate of drug-likeness (QED) is 0.833. The zero-order valence-corrected chi connectivity index (χ0v) is 10.7. The first-order chi connectivity index (χ1) is 8.65. The van der Waals surface area contributed by atoms with E-state index in [9.17, 15) is 9.18 Å². The lowest BCUT2D eigenvalue weighted by atomic mass is 9.70. The minimum atomic E-state index is -0.502. The third-order valence-electron chi connectivity index (χ3n) is 3.98. The van der Waals surface area contributed by atoms with Crippen molar-refractivity contribution in [3.63, 3.8) is 0 Å². The van der Waals surface area contributed by atoms with E-state index in [0.29, 0.717) is 25.1 Å². The zero-order valence-electron chi connectivity index (χ0n) is 10.7. The molecule has 0 radical (unpaired) electrons. The second-order valence-corrected chi connectivity index (χ2v) is 4.70. The summed E-state index contributed by atoms with van der Waals surface area (Å²) >= 11 is 0. The lowest BCUT2D eigenvalue weighted by Gasteiger charge is -2.32. The van der Waals surface area contributed by atoms with Crippen molar-refractivity contribution in [2.75, 3.05) is 20.2 Å². The number of methoxy groups -OCH3 is 1. The maximum Gasteiger partial charge on any atom is 0.310 e. The van der Waals surface area contributed by atoms with Crippen LogP contribution in [0.5, 0.6) is 0 Å². The molecule has 2 rings (SSSR count). The van der Waals surface area contributed by atoms with E-state index >= 15 is 0 Å². The number of hydrogen-bond donors (Lipinski definition) is 1. The van der Waals surface area contributed by atoms with Crippen molar-refractivity contribution in [3.8, 4) is 0 Å². The zero-order chi connectivity index (χ0) is 13.2. The average Bonchev–Trinajstić information content (AvgIpc) is 2.83. The fourth-order valence-corrected chi connectivity index (χ4v) is 2.92. The molecule has 1 aliphatic rings. The Morgan fingerprint density at radius 3 is 2.89 bits per heavy atom. The fraction of sp³-hybridized carbons (Fsp3) is 0.500. The van der Waals surface area contributed by atoms with Gasteiger partial charge in [0.1, 0.15) is 5.82 Å². The van der Waals surface area contributed by atoms with Gasteiger partial charge in [-0.25, -0.2) is 4.39 Å². The van der Waals surface area contributed by atoms with Crippen molar-refractivity contribution >= 4 is 5.97 Å². The maximum absolute atomic E-state index is 14.0. The summed E-state index contributed by atoms with van der Waals surface area (Å²) in [5.74, 6) is -0.855. The van der Waals surface area contributed by atoms with E-state index < -0.39 is 5.41 Å². The predicted molar refractivity (Wildman–Crippen MR) is 66.7 cm³/mol. The van der Waals surface area contributed by atoms with Crippen LogP contribution in [0.25, 0.3) is 0 Å². The molecule has 18 heavy (non-hydrogen) atoms. The number of carbonyl (C=O) groups is 1. The Balaban J connectivity index is 2.47. The SMILES string of the molecule is CCC1(c2ccccc2F)CNCC1C(=O)OC. The average molecular weight is 251 g/mol. The molecule has 1 heterocycles. The molecule has 0 bridgehead atoms. The van der Waals surface area contributed by atoms with Gasteiger partial charge >= 0.3 is 5.97 Å². The van der Waals surface area contributed by atoms with Crippen LogP contribution in [-0.2, 0) is 14.9 Å². The van der Waals surface area contributed by atoms with E-state index in [0.717, 1.165) is 0 Å². The van der Waals surface area contributed by atoms with Gasteiger partial charge < -0.3 is 10.1 Å². The van der Waals surface area contributed by atoms with E-state index in [1.807, 2.05) is 13.0 Å². The highest BCUT2D eigenvalue weighted by Crippen LogP contribution is 2.40. The highest BCUT2D eigenvalue weighted by atomic mass is 19.1. The van der Waals surface area contributed by atoms with Crippen LogP contribution in [0, 0.1) is 11.7 Å². The van der Waals surface area contributed by atoms with Gasteiger partial charge in [0.2, 0.25) is 0 Å². The van der Waals surface area contributed by atoms with Gasteiger partial charge in [0.25, 0.3) is 0 Å². The summed E-state index contributed by atoms with van der Waals surface area (Å²) in [6.45, 7) is 3.12. The van der Waals surface area contributed by atoms with Crippen LogP contribution < -0.4 is 5.32 Å². The normalized spacial score (nSPS) is 27.2. The maximum atomic E-state index is 14.0. The first-order valence-electron chi connectivity index (χ1n) is 6.19. The molecule has 0 aliphatic carbocycles. The van der Waals surface area contributed by atoms with Crippen molar-refractivity contribution in [2.24, 2.45) is 5.92 Å². The molecule has 0 spiro atoms. The van der Waals surface area contributed by atoms with Crippen LogP contribution in [0.2, 0.25) is 0 Å². The third-order valence-corrected chi connectivity index (χ3v) is 3.98. The van der Waals surface area contributed by atoms with Crippen molar-refractivity contribution in [1.82, 2.24) is 5.32 Å². The lowest BCUT2D eigenvalue weighted by molar-refractivity contribution is -0.146. The van der Waals surface area contributed by atoms with Crippen molar-refractivity contribution < 1.29 is 13.9 Å². The molecule has 1 aliphatic heterocycles. The Morgan fingerprint density at radius 2 is 2.28 bits per heavy atom. The van der Waals surface area contributed by atoms with Crippen molar-refractivity contribution in [2.45, 2.75) is 18.8 Å². The standard InChI is InChI=1S/C14H18FNO2/c1-3-14(10-6-4-5-7-12(10)15)9-16-8-11(14)13(17)18-2/h4-7,11,16H,3,8-9H2,1-2H3. The highest BCUT2D eigenvalue weighted by Gasteiger charge is 2.48. The first-order valence-corrected chi connectivity index (χ1v) is 6.19. The van der Waals surface area contributed by atoms with Gasteiger partial charge in [-0.2, -0.15) is 0 Å². The van der Waals surface area contributed by atoms with E-state index in [1.165, 1.54) is 13.2 Å². The Bertz CT molecular complexity index is 449. The first kappa shape index (κ1) is 13.0. The fourth-order valence-electron chi connectivity index (χ4n) is 2.92. The summed E-state index contributed by atoms with van der Waals surface area (Å²) < 4.78 is 18.9. The molecule has 4 heteroatoms. The molecule has 2 atom stereocenters. The summed E-state index contributed by atoms with van der Waals surface area (Å²) in [4.78, 5) is 11.9. The minimum Gasteiger partial charge on any atom is -0.469 e. The summed E-state index contributed by atoms with van der Waals surface area (Å²) in [6.07, 6.45) is 0.695. The Morgan fingerprint density at radius 1 is 1.56 bits per heavy atom. The summed E-state index contributed by atoms with van der Waals surface area (Å²) in [6, 6.07) is 6.68. The van der Waals surface area contributed by atoms with Gasteiger partial charge in [0.15, 0.2) is 0 Å². The minimum absolute atomic E-state index is 0.253. The Hall–Kier alpha value is -1.42. The third kappa shape index (κ3) is 1.90. The second-order valence-electron chi connectivity index (χ2n) is 4.70. The van der Waals surface area contributed by atoms with Crippen LogP contribution in [0.4, 0.5) is 4.39 Å². The lowest BCUT2D eigenvalue weighted by Crippen LogP contribution is -2.40. The second kappa shape index (κ2) is 5.06. The molecule has 3 nitrogen and oxygen atoms in total. The largest absolute Gasteiger partial charge is 0.469 e. The molecule has 2 unspecified atom stereocenters.